The van der Waals surface area contributed by atoms with Gasteiger partial charge in [0.1, 0.15) is 10.7 Å². The van der Waals surface area contributed by atoms with Gasteiger partial charge in [-0.3, -0.25) is 4.79 Å². The summed E-state index contributed by atoms with van der Waals surface area (Å²) < 4.78 is 42.8. The molecule has 3 heterocycles. The van der Waals surface area contributed by atoms with Gasteiger partial charge in [0, 0.05) is 48.4 Å². The zero-order valence-electron chi connectivity index (χ0n) is 17.0. The molecule has 0 amide bonds. The Labute approximate surface area is 179 Å². The largest absolute Gasteiger partial charge is 0.377 e. The first-order valence-corrected chi connectivity index (χ1v) is 11.7. The minimum Gasteiger partial charge on any atom is -0.377 e. The summed E-state index contributed by atoms with van der Waals surface area (Å²) in [5.74, 6) is -0.748. The SMILES string of the molecule is CN(C1CCNC1)S(=O)(=O)c1ccc2c(c1F)CC(c1cc3ccccc3[nH]c1=O)N2. The van der Waals surface area contributed by atoms with Crippen molar-refractivity contribution in [2.45, 2.75) is 29.8 Å². The summed E-state index contributed by atoms with van der Waals surface area (Å²) in [6.07, 6.45) is 0.886. The van der Waals surface area contributed by atoms with Crippen LogP contribution in [0.3, 0.4) is 0 Å². The predicted molar refractivity (Wildman–Crippen MR) is 117 cm³/mol. The van der Waals surface area contributed by atoms with E-state index in [0.29, 0.717) is 24.2 Å². The zero-order valence-corrected chi connectivity index (χ0v) is 17.8. The number of anilines is 1. The topological polar surface area (TPSA) is 94.3 Å². The second-order valence-corrected chi connectivity index (χ2v) is 10.1. The van der Waals surface area contributed by atoms with Crippen LogP contribution in [-0.2, 0) is 16.4 Å². The molecule has 1 saturated heterocycles. The summed E-state index contributed by atoms with van der Waals surface area (Å²) in [6, 6.07) is 11.5. The second-order valence-electron chi connectivity index (χ2n) is 8.11. The Balaban J connectivity index is 1.49. The number of H-pyrrole nitrogens is 1. The van der Waals surface area contributed by atoms with Crippen LogP contribution in [0.5, 0.6) is 0 Å². The van der Waals surface area contributed by atoms with Crippen LogP contribution in [-0.4, -0.2) is 43.9 Å². The summed E-state index contributed by atoms with van der Waals surface area (Å²) in [6.45, 7) is 1.29. The van der Waals surface area contributed by atoms with Gasteiger partial charge in [-0.25, -0.2) is 12.8 Å². The van der Waals surface area contributed by atoms with E-state index in [1.54, 1.807) is 12.1 Å². The van der Waals surface area contributed by atoms with Crippen molar-refractivity contribution < 1.29 is 12.8 Å². The molecule has 31 heavy (non-hydrogen) atoms. The highest BCUT2D eigenvalue weighted by molar-refractivity contribution is 7.89. The Kier molecular flexibility index (Phi) is 4.84. The number of aromatic amines is 1. The first-order chi connectivity index (χ1) is 14.9. The fraction of sp³-hybridized carbons (Fsp3) is 0.318. The average molecular weight is 443 g/mol. The molecule has 0 aliphatic carbocycles. The summed E-state index contributed by atoms with van der Waals surface area (Å²) in [5, 5.41) is 7.19. The van der Waals surface area contributed by atoms with E-state index in [0.717, 1.165) is 17.4 Å². The third kappa shape index (κ3) is 3.33. The number of para-hydroxylation sites is 1. The van der Waals surface area contributed by atoms with E-state index in [4.69, 9.17) is 0 Å². The zero-order chi connectivity index (χ0) is 21.8. The highest BCUT2D eigenvalue weighted by atomic mass is 32.2. The normalized spacial score (nSPS) is 20.9. The van der Waals surface area contributed by atoms with E-state index in [1.807, 2.05) is 24.3 Å². The molecule has 5 rings (SSSR count). The van der Waals surface area contributed by atoms with Gasteiger partial charge >= 0.3 is 0 Å². The Morgan fingerprint density at radius 3 is 2.74 bits per heavy atom. The third-order valence-corrected chi connectivity index (χ3v) is 8.24. The highest BCUT2D eigenvalue weighted by Gasteiger charge is 2.35. The number of pyridine rings is 1. The van der Waals surface area contributed by atoms with Gasteiger partial charge in [0.2, 0.25) is 10.0 Å². The Bertz CT molecular complexity index is 1330. The monoisotopic (exact) mass is 442 g/mol. The number of hydrogen-bond acceptors (Lipinski definition) is 5. The van der Waals surface area contributed by atoms with Crippen LogP contribution in [0.25, 0.3) is 10.9 Å². The quantitative estimate of drug-likeness (QED) is 0.577. The number of halogens is 1. The highest BCUT2D eigenvalue weighted by Crippen LogP contribution is 2.38. The molecule has 3 N–H and O–H groups in total. The van der Waals surface area contributed by atoms with Crippen LogP contribution in [0.15, 0.2) is 52.2 Å². The Morgan fingerprint density at radius 1 is 1.16 bits per heavy atom. The second kappa shape index (κ2) is 7.44. The molecule has 2 aromatic carbocycles. The molecular weight excluding hydrogens is 419 g/mol. The van der Waals surface area contributed by atoms with Crippen LogP contribution in [0.4, 0.5) is 10.1 Å². The maximum atomic E-state index is 15.4. The van der Waals surface area contributed by atoms with E-state index in [-0.39, 0.29) is 28.5 Å². The maximum Gasteiger partial charge on any atom is 0.253 e. The molecule has 1 aromatic heterocycles. The van der Waals surface area contributed by atoms with Crippen molar-refractivity contribution in [1.29, 1.82) is 0 Å². The molecule has 0 saturated carbocycles. The Hall–Kier alpha value is -2.75. The van der Waals surface area contributed by atoms with Gasteiger partial charge in [-0.2, -0.15) is 4.31 Å². The number of likely N-dealkylation sites (N-methyl/N-ethyl adjacent to an activating group) is 1. The van der Waals surface area contributed by atoms with Crippen molar-refractivity contribution in [2.24, 2.45) is 0 Å². The first-order valence-electron chi connectivity index (χ1n) is 10.2. The maximum absolute atomic E-state index is 15.4. The minimum absolute atomic E-state index is 0.195. The van der Waals surface area contributed by atoms with Gasteiger partial charge in [-0.05, 0) is 42.6 Å². The molecule has 0 spiro atoms. The summed E-state index contributed by atoms with van der Waals surface area (Å²) in [4.78, 5) is 15.2. The fourth-order valence-electron chi connectivity index (χ4n) is 4.49. The molecule has 2 aliphatic rings. The van der Waals surface area contributed by atoms with Crippen LogP contribution >= 0.6 is 0 Å². The first kappa shape index (κ1) is 20.2. The lowest BCUT2D eigenvalue weighted by Gasteiger charge is -2.23. The summed E-state index contributed by atoms with van der Waals surface area (Å²) in [7, 11) is -2.48. The van der Waals surface area contributed by atoms with Crippen molar-refractivity contribution in [3.63, 3.8) is 0 Å². The lowest BCUT2D eigenvalue weighted by atomic mass is 10.0. The lowest BCUT2D eigenvalue weighted by molar-refractivity contribution is 0.385. The number of aromatic nitrogens is 1. The number of rotatable bonds is 4. The van der Waals surface area contributed by atoms with Crippen LogP contribution < -0.4 is 16.2 Å². The van der Waals surface area contributed by atoms with Crippen LogP contribution in [0.2, 0.25) is 0 Å². The molecule has 0 bridgehead atoms. The molecule has 1 fully saturated rings. The van der Waals surface area contributed by atoms with Gasteiger partial charge in [-0.15, -0.1) is 0 Å². The van der Waals surface area contributed by atoms with Gasteiger partial charge in [0.05, 0.1) is 6.04 Å². The number of hydrogen-bond donors (Lipinski definition) is 3. The van der Waals surface area contributed by atoms with E-state index in [9.17, 15) is 13.2 Å². The molecule has 7 nitrogen and oxygen atoms in total. The predicted octanol–water partition coefficient (Wildman–Crippen LogP) is 2.36. The number of nitrogens with one attached hydrogen (secondary N) is 3. The molecule has 0 radical (unpaired) electrons. The molecule has 9 heteroatoms. The molecule has 2 aliphatic heterocycles. The van der Waals surface area contributed by atoms with E-state index in [1.165, 1.54) is 17.4 Å². The molecule has 2 atom stereocenters. The van der Waals surface area contributed by atoms with E-state index in [2.05, 4.69) is 15.6 Å². The summed E-state index contributed by atoms with van der Waals surface area (Å²) in [5.41, 5.74) is 1.78. The van der Waals surface area contributed by atoms with Gasteiger partial charge in [-0.1, -0.05) is 18.2 Å². The van der Waals surface area contributed by atoms with Crippen LogP contribution in [0.1, 0.15) is 23.6 Å². The van der Waals surface area contributed by atoms with Crippen molar-refractivity contribution >= 4 is 26.6 Å². The standard InChI is InChI=1S/C22H23FN4O3S/c1-27(14-8-9-24-12-14)31(29,30)20-7-6-18-15(21(20)23)11-19(25-18)16-10-13-4-2-3-5-17(13)26-22(16)28/h2-7,10,14,19,24-25H,8-9,11-12H2,1H3,(H,26,28). The molecule has 2 unspecified atom stereocenters. The van der Waals surface area contributed by atoms with E-state index >= 15 is 4.39 Å². The number of benzene rings is 2. The van der Waals surface area contributed by atoms with Gasteiger partial charge in [0.15, 0.2) is 0 Å². The van der Waals surface area contributed by atoms with Crippen LogP contribution in [0, 0.1) is 5.82 Å². The third-order valence-electron chi connectivity index (χ3n) is 6.31. The fourth-order valence-corrected chi connectivity index (χ4v) is 5.96. The molecule has 162 valence electrons. The van der Waals surface area contributed by atoms with Gasteiger partial charge in [0.25, 0.3) is 5.56 Å². The van der Waals surface area contributed by atoms with E-state index < -0.39 is 21.9 Å². The molecular formula is C22H23FN4O3S. The average Bonchev–Trinajstić information content (AvgIpc) is 3.43. The summed E-state index contributed by atoms with van der Waals surface area (Å²) >= 11 is 0. The Morgan fingerprint density at radius 2 is 1.97 bits per heavy atom. The van der Waals surface area contributed by atoms with Gasteiger partial charge < -0.3 is 15.6 Å². The van der Waals surface area contributed by atoms with Crippen molar-refractivity contribution in [3.8, 4) is 0 Å². The minimum atomic E-state index is -3.97. The van der Waals surface area contributed by atoms with Crippen molar-refractivity contribution in [3.05, 3.63) is 69.8 Å². The van der Waals surface area contributed by atoms with Crippen molar-refractivity contribution in [2.75, 3.05) is 25.5 Å². The number of fused-ring (bicyclic) bond motifs is 2. The molecule has 3 aromatic rings. The smallest absolute Gasteiger partial charge is 0.253 e. The number of nitrogens with zero attached hydrogens (tertiary/aromatic N) is 1. The number of sulfonamides is 1. The lowest BCUT2D eigenvalue weighted by Crippen LogP contribution is -2.38. The van der Waals surface area contributed by atoms with Crippen molar-refractivity contribution in [1.82, 2.24) is 14.6 Å².